The van der Waals surface area contributed by atoms with Crippen molar-refractivity contribution in [2.75, 3.05) is 13.1 Å². The van der Waals surface area contributed by atoms with Gasteiger partial charge in [0.25, 0.3) is 0 Å². The topological polar surface area (TPSA) is 125 Å². The lowest BCUT2D eigenvalue weighted by molar-refractivity contribution is -0.144. The number of hydrogen-bond acceptors (Lipinski definition) is 9. The first kappa shape index (κ1) is 51.4. The molecule has 2 aliphatic rings. The molecule has 0 saturated carbocycles. The van der Waals surface area contributed by atoms with E-state index in [2.05, 4.69) is 60.9 Å². The first-order valence-electron chi connectivity index (χ1n) is 17.7. The number of thioether (sulfide) groups is 2. The Morgan fingerprint density at radius 3 is 1.43 bits per heavy atom. The third kappa shape index (κ3) is 15.9. The van der Waals surface area contributed by atoms with Crippen LogP contribution in [0.5, 0.6) is 11.5 Å². The number of carboxylic acids is 1. The first-order valence-corrected chi connectivity index (χ1v) is 19.4. The molecular formula is C42H64N2O6S4. The highest BCUT2D eigenvalue weighted by Crippen LogP contribution is 2.37. The number of carbonyl (C=O) groups is 3. The molecular weight excluding hydrogens is 757 g/mol. The average molecular weight is 821 g/mol. The lowest BCUT2D eigenvalue weighted by Gasteiger charge is -2.20. The number of aliphatic carboxylic acids is 1. The number of ether oxygens (including phenoxy) is 1. The van der Waals surface area contributed by atoms with Crippen LogP contribution in [0.1, 0.15) is 92.0 Å². The van der Waals surface area contributed by atoms with Crippen molar-refractivity contribution in [2.24, 2.45) is 0 Å². The molecule has 0 fully saturated rings. The smallest absolute Gasteiger partial charge is 0.344 e. The Hall–Kier alpha value is -2.61. The van der Waals surface area contributed by atoms with Crippen LogP contribution in [-0.4, -0.2) is 68.5 Å². The van der Waals surface area contributed by atoms with Crippen molar-refractivity contribution in [2.45, 2.75) is 133 Å². The zero-order chi connectivity index (χ0) is 37.9. The molecule has 0 heterocycles. The molecule has 54 heavy (non-hydrogen) atoms. The summed E-state index contributed by atoms with van der Waals surface area (Å²) in [5.74, 6) is -0.0249. The van der Waals surface area contributed by atoms with E-state index in [1.54, 1.807) is 37.4 Å². The third-order valence-electron chi connectivity index (χ3n) is 9.15. The van der Waals surface area contributed by atoms with Gasteiger partial charge in [-0.05, 0) is 158 Å². The van der Waals surface area contributed by atoms with Crippen LogP contribution in [0.3, 0.4) is 0 Å². The largest absolute Gasteiger partial charge is 0.508 e. The average Bonchev–Trinajstić information content (AvgIpc) is 3.65. The van der Waals surface area contributed by atoms with E-state index in [0.29, 0.717) is 17.8 Å². The first-order chi connectivity index (χ1) is 23.9. The van der Waals surface area contributed by atoms with Crippen molar-refractivity contribution in [1.29, 1.82) is 0 Å². The van der Waals surface area contributed by atoms with Crippen molar-refractivity contribution < 1.29 is 29.3 Å². The monoisotopic (exact) mass is 820 g/mol. The fourth-order valence-corrected chi connectivity index (χ4v) is 7.83. The minimum absolute atomic E-state index is 0. The Labute approximate surface area is 346 Å². The normalized spacial score (nSPS) is 15.9. The molecule has 3 atom stereocenters. The molecule has 3 aromatic carbocycles. The Bertz CT molecular complexity index is 1560. The van der Waals surface area contributed by atoms with Crippen LogP contribution in [0.25, 0.3) is 0 Å². The molecule has 2 aliphatic carbocycles. The van der Waals surface area contributed by atoms with E-state index in [0.717, 1.165) is 38.8 Å². The highest BCUT2D eigenvalue weighted by Gasteiger charge is 2.28. The summed E-state index contributed by atoms with van der Waals surface area (Å²) in [6.45, 7) is 19.1. The summed E-state index contributed by atoms with van der Waals surface area (Å²) in [5, 5.41) is 24.5. The minimum atomic E-state index is -1.02. The molecule has 0 aromatic heterocycles. The van der Waals surface area contributed by atoms with Gasteiger partial charge in [-0.15, -0.1) is 23.5 Å². The van der Waals surface area contributed by atoms with Gasteiger partial charge < -0.3 is 25.6 Å². The van der Waals surface area contributed by atoms with E-state index < -0.39 is 12.1 Å². The van der Waals surface area contributed by atoms with E-state index in [-0.39, 0.29) is 61.2 Å². The lowest BCUT2D eigenvalue weighted by atomic mass is 10.1. The number of hydrogen-bond donors (Lipinski definition) is 4. The SMILES string of the molecule is C.CCN[C@H]1Cc2ccc(SC(C)(C)C(C)=O)cc2C1.CCN[C@H]1Cc2ccc(SC(C)(C)C(C)=O)cc2C1.C[C@@H](Oc1ccc(O)cc1)C(=O)O.S.S. The molecule has 12 heteroatoms. The highest BCUT2D eigenvalue weighted by atomic mass is 32.2. The molecule has 0 radical (unpaired) electrons. The number of carboxylic acid groups (broad SMARTS) is 1. The van der Waals surface area contributed by atoms with E-state index in [9.17, 15) is 14.4 Å². The number of ketones is 2. The van der Waals surface area contributed by atoms with Gasteiger partial charge in [0.1, 0.15) is 23.1 Å². The summed E-state index contributed by atoms with van der Waals surface area (Å²) in [4.78, 5) is 36.0. The lowest BCUT2D eigenvalue weighted by Crippen LogP contribution is -2.28. The summed E-state index contributed by atoms with van der Waals surface area (Å²) in [7, 11) is 0. The predicted octanol–water partition coefficient (Wildman–Crippen LogP) is 8.55. The van der Waals surface area contributed by atoms with E-state index >= 15 is 0 Å². The second-order valence-corrected chi connectivity index (χ2v) is 17.5. The number of carbonyl (C=O) groups excluding carboxylic acids is 2. The Morgan fingerprint density at radius 1 is 0.722 bits per heavy atom. The van der Waals surface area contributed by atoms with Gasteiger partial charge in [-0.1, -0.05) is 33.4 Å². The quantitative estimate of drug-likeness (QED) is 0.125. The number of benzene rings is 3. The van der Waals surface area contributed by atoms with Crippen LogP contribution in [-0.2, 0) is 40.1 Å². The summed E-state index contributed by atoms with van der Waals surface area (Å²) >= 11 is 3.33. The summed E-state index contributed by atoms with van der Waals surface area (Å²) in [6, 6.07) is 20.4. The van der Waals surface area contributed by atoms with Crippen molar-refractivity contribution >= 4 is 68.1 Å². The zero-order valence-electron chi connectivity index (χ0n) is 32.6. The van der Waals surface area contributed by atoms with Crippen molar-refractivity contribution in [3.63, 3.8) is 0 Å². The van der Waals surface area contributed by atoms with Gasteiger partial charge in [0, 0.05) is 21.9 Å². The maximum atomic E-state index is 11.6. The number of rotatable bonds is 13. The van der Waals surface area contributed by atoms with E-state index in [1.807, 2.05) is 27.7 Å². The molecule has 0 bridgehead atoms. The Balaban J connectivity index is 0.000000774. The molecule has 0 spiro atoms. The molecule has 0 amide bonds. The fourth-order valence-electron chi connectivity index (χ4n) is 5.69. The van der Waals surface area contributed by atoms with Gasteiger partial charge in [0.05, 0.1) is 9.49 Å². The molecule has 0 unspecified atom stereocenters. The molecule has 0 aliphatic heterocycles. The highest BCUT2D eigenvalue weighted by molar-refractivity contribution is 8.01. The molecule has 8 nitrogen and oxygen atoms in total. The van der Waals surface area contributed by atoms with Crippen LogP contribution >= 0.6 is 50.5 Å². The van der Waals surface area contributed by atoms with Gasteiger partial charge in [-0.2, -0.15) is 27.0 Å². The molecule has 5 rings (SSSR count). The maximum absolute atomic E-state index is 11.6. The van der Waals surface area contributed by atoms with Crippen LogP contribution in [0.2, 0.25) is 0 Å². The van der Waals surface area contributed by atoms with Gasteiger partial charge in [0.2, 0.25) is 0 Å². The number of fused-ring (bicyclic) bond motifs is 2. The number of aromatic hydroxyl groups is 1. The van der Waals surface area contributed by atoms with Crippen LogP contribution in [0.4, 0.5) is 0 Å². The number of nitrogens with one attached hydrogen (secondary N) is 2. The van der Waals surface area contributed by atoms with Gasteiger partial charge in [-0.25, -0.2) is 4.79 Å². The van der Waals surface area contributed by atoms with Crippen LogP contribution < -0.4 is 15.4 Å². The van der Waals surface area contributed by atoms with E-state index in [1.165, 1.54) is 63.2 Å². The molecule has 3 aromatic rings. The number of phenolic OH excluding ortho intramolecular Hbond substituents is 1. The predicted molar refractivity (Wildman–Crippen MR) is 237 cm³/mol. The Morgan fingerprint density at radius 2 is 1.09 bits per heavy atom. The van der Waals surface area contributed by atoms with Crippen LogP contribution in [0, 0.1) is 0 Å². The summed E-state index contributed by atoms with van der Waals surface area (Å²) in [6.07, 6.45) is 3.59. The molecule has 0 saturated heterocycles. The second-order valence-electron chi connectivity index (χ2n) is 14.1. The van der Waals surface area contributed by atoms with Gasteiger partial charge in [0.15, 0.2) is 6.10 Å². The number of phenols is 1. The molecule has 4 N–H and O–H groups in total. The fraction of sp³-hybridized carbons (Fsp3) is 0.500. The van der Waals surface area contributed by atoms with Crippen molar-refractivity contribution in [3.8, 4) is 11.5 Å². The summed E-state index contributed by atoms with van der Waals surface area (Å²) < 4.78 is 4.34. The van der Waals surface area contributed by atoms with Gasteiger partial charge in [-0.3, -0.25) is 9.59 Å². The Kier molecular flexibility index (Phi) is 22.3. The third-order valence-corrected chi connectivity index (χ3v) is 11.7. The zero-order valence-corrected chi connectivity index (χ0v) is 36.2. The molecule has 302 valence electrons. The second kappa shape index (κ2) is 23.5. The standard InChI is InChI=1S/2C16H23NOS.C9H10O4.CH4.2H2S/c2*1-5-17-14-8-12-6-7-15(10-13(12)9-14)19-16(3,4)11(2)18;1-6(9(11)12)13-8-4-2-7(10)3-5-8;;;/h2*6-7,10,14,17H,5,8-9H2,1-4H3;2-6,10H,1H3,(H,11,12);1H4;2*1H2/t2*14-;6-;;;/m001.../s1. The van der Waals surface area contributed by atoms with Crippen molar-refractivity contribution in [3.05, 3.63) is 82.9 Å². The maximum Gasteiger partial charge on any atom is 0.344 e. The van der Waals surface area contributed by atoms with Crippen molar-refractivity contribution in [1.82, 2.24) is 10.6 Å². The van der Waals surface area contributed by atoms with Gasteiger partial charge >= 0.3 is 5.97 Å². The number of likely N-dealkylation sites (N-methyl/N-ethyl adjacent to an activating group) is 2. The van der Waals surface area contributed by atoms with Crippen LogP contribution in [0.15, 0.2) is 70.5 Å². The minimum Gasteiger partial charge on any atom is -0.508 e. The summed E-state index contributed by atoms with van der Waals surface area (Å²) in [5.41, 5.74) is 5.79. The number of Topliss-reactive ketones (excluding diaryl/α,β-unsaturated/α-hetero) is 2. The van der Waals surface area contributed by atoms with E-state index in [4.69, 9.17) is 14.9 Å².